The number of aromatic nitrogens is 4. The van der Waals surface area contributed by atoms with Gasteiger partial charge in [-0.25, -0.2) is 15.0 Å². The van der Waals surface area contributed by atoms with Gasteiger partial charge < -0.3 is 4.57 Å². The third-order valence-electron chi connectivity index (χ3n) is 9.95. The van der Waals surface area contributed by atoms with E-state index < -0.39 is 8.07 Å². The molecule has 2 aliphatic heterocycles. The Morgan fingerprint density at radius 1 is 0.435 bits per heavy atom. The van der Waals surface area contributed by atoms with E-state index in [0.717, 1.165) is 33.5 Å². The van der Waals surface area contributed by atoms with E-state index >= 15 is 0 Å². The summed E-state index contributed by atoms with van der Waals surface area (Å²) in [6.07, 6.45) is 0. The van der Waals surface area contributed by atoms with Gasteiger partial charge in [0.25, 0.3) is 0 Å². The maximum atomic E-state index is 5.13. The standard InChI is InChI=1S/C41H28N4Si/c1-46(2)37-19-18-29-22-33(37)34-23-36-32(24-38(34)46)31-16-6-7-17-35(31)45(36)30-15-9-13-27(21-30)26-12-8-14-28(20-26)40-42-39(43-41(29)44-40)25-10-4-3-5-11-25/h3-24H,1-2H3. The van der Waals surface area contributed by atoms with Crippen molar-refractivity contribution in [3.8, 4) is 62.1 Å². The van der Waals surface area contributed by atoms with E-state index in [4.69, 9.17) is 15.0 Å². The topological polar surface area (TPSA) is 43.6 Å². The summed E-state index contributed by atoms with van der Waals surface area (Å²) in [6.45, 7) is 4.96. The number of rotatable bonds is 1. The van der Waals surface area contributed by atoms with E-state index in [-0.39, 0.29) is 0 Å². The monoisotopic (exact) mass is 604 g/mol. The van der Waals surface area contributed by atoms with E-state index in [1.54, 1.807) is 0 Å². The molecule has 0 fully saturated rings. The zero-order valence-corrected chi connectivity index (χ0v) is 26.5. The van der Waals surface area contributed by atoms with Gasteiger partial charge in [-0.1, -0.05) is 110 Å². The van der Waals surface area contributed by atoms with Gasteiger partial charge in [0.15, 0.2) is 17.5 Å². The first-order valence-electron chi connectivity index (χ1n) is 15.8. The largest absolute Gasteiger partial charge is 0.309 e. The molecule has 2 aromatic heterocycles. The predicted molar refractivity (Wildman–Crippen MR) is 192 cm³/mol. The maximum absolute atomic E-state index is 5.13. The van der Waals surface area contributed by atoms with E-state index in [2.05, 4.69) is 133 Å². The summed E-state index contributed by atoms with van der Waals surface area (Å²) < 4.78 is 2.44. The van der Waals surface area contributed by atoms with Gasteiger partial charge in [0, 0.05) is 33.2 Å². The molecule has 4 heterocycles. The lowest BCUT2D eigenvalue weighted by molar-refractivity contribution is 1.07. The Bertz CT molecular complexity index is 2560. The van der Waals surface area contributed by atoms with Gasteiger partial charge in [0.2, 0.25) is 0 Å². The van der Waals surface area contributed by atoms with Gasteiger partial charge in [-0.15, -0.1) is 0 Å². The van der Waals surface area contributed by atoms with Crippen LogP contribution in [0.3, 0.4) is 0 Å². The van der Waals surface area contributed by atoms with Crippen LogP contribution in [-0.2, 0) is 0 Å². The van der Waals surface area contributed by atoms with E-state index in [1.807, 2.05) is 18.2 Å². The lowest BCUT2D eigenvalue weighted by Gasteiger charge is -2.19. The van der Waals surface area contributed by atoms with Crippen LogP contribution in [0.5, 0.6) is 0 Å². The van der Waals surface area contributed by atoms with Gasteiger partial charge in [0.1, 0.15) is 8.07 Å². The minimum atomic E-state index is -1.97. The molecule has 2 aliphatic rings. The average molecular weight is 605 g/mol. The van der Waals surface area contributed by atoms with Crippen LogP contribution < -0.4 is 10.4 Å². The molecule has 0 spiro atoms. The minimum absolute atomic E-state index is 0.671. The second kappa shape index (κ2) is 9.19. The van der Waals surface area contributed by atoms with E-state index in [1.165, 1.54) is 43.3 Å². The smallest absolute Gasteiger partial charge is 0.164 e. The highest BCUT2D eigenvalue weighted by Crippen LogP contribution is 2.39. The van der Waals surface area contributed by atoms with Crippen LogP contribution in [0.1, 0.15) is 0 Å². The van der Waals surface area contributed by atoms with Gasteiger partial charge >= 0.3 is 0 Å². The minimum Gasteiger partial charge on any atom is -0.309 e. The Morgan fingerprint density at radius 3 is 1.89 bits per heavy atom. The molecule has 46 heavy (non-hydrogen) atoms. The Hall–Kier alpha value is -5.65. The number of hydrogen-bond donors (Lipinski definition) is 0. The van der Waals surface area contributed by atoms with Crippen molar-refractivity contribution < 1.29 is 0 Å². The van der Waals surface area contributed by atoms with Crippen molar-refractivity contribution in [2.75, 3.05) is 0 Å². The molecule has 216 valence electrons. The van der Waals surface area contributed by atoms with Crippen LogP contribution in [0.4, 0.5) is 0 Å². The van der Waals surface area contributed by atoms with Crippen molar-refractivity contribution >= 4 is 40.3 Å². The number of fused-ring (bicyclic) bond motifs is 14. The summed E-state index contributed by atoms with van der Waals surface area (Å²) >= 11 is 0. The molecule has 0 saturated heterocycles. The second-order valence-corrected chi connectivity index (χ2v) is 17.3. The Labute approximate surface area is 267 Å². The highest BCUT2D eigenvalue weighted by atomic mass is 28.3. The molecule has 8 aromatic rings. The molecule has 5 heteroatoms. The molecule has 0 saturated carbocycles. The van der Waals surface area contributed by atoms with Crippen LogP contribution in [0.15, 0.2) is 133 Å². The predicted octanol–water partition coefficient (Wildman–Crippen LogP) is 8.75. The number of hydrogen-bond acceptors (Lipinski definition) is 3. The molecule has 4 nitrogen and oxygen atoms in total. The summed E-state index contributed by atoms with van der Waals surface area (Å²) in [5, 5.41) is 5.55. The van der Waals surface area contributed by atoms with Crippen LogP contribution in [0, 0.1) is 0 Å². The molecule has 0 radical (unpaired) electrons. The summed E-state index contributed by atoms with van der Waals surface area (Å²) in [4.78, 5) is 15.2. The van der Waals surface area contributed by atoms with Crippen LogP contribution >= 0.6 is 0 Å². The van der Waals surface area contributed by atoms with Gasteiger partial charge in [-0.2, -0.15) is 0 Å². The molecule has 0 atom stereocenters. The Morgan fingerprint density at radius 2 is 1.07 bits per heavy atom. The first-order chi connectivity index (χ1) is 22.5. The fourth-order valence-electron chi connectivity index (χ4n) is 7.64. The molecule has 0 aliphatic carbocycles. The van der Waals surface area contributed by atoms with Crippen molar-refractivity contribution in [1.82, 2.24) is 19.5 Å². The average Bonchev–Trinajstić information content (AvgIpc) is 3.55. The summed E-state index contributed by atoms with van der Waals surface area (Å²) in [5.74, 6) is 2.04. The van der Waals surface area contributed by atoms with Crippen molar-refractivity contribution in [3.63, 3.8) is 0 Å². The van der Waals surface area contributed by atoms with Crippen molar-refractivity contribution in [2.24, 2.45) is 0 Å². The zero-order chi connectivity index (χ0) is 30.6. The van der Waals surface area contributed by atoms with Gasteiger partial charge in [0.05, 0.1) is 11.0 Å². The van der Waals surface area contributed by atoms with Crippen LogP contribution in [0.2, 0.25) is 13.1 Å². The molecule has 0 N–H and O–H groups in total. The molecule has 10 bridgehead atoms. The van der Waals surface area contributed by atoms with Gasteiger partial charge in [-0.05, 0) is 69.0 Å². The summed E-state index contributed by atoms with van der Waals surface area (Å²) in [7, 11) is -1.97. The number of benzene rings is 6. The maximum Gasteiger partial charge on any atom is 0.164 e. The van der Waals surface area contributed by atoms with Crippen LogP contribution in [0.25, 0.3) is 83.9 Å². The highest BCUT2D eigenvalue weighted by Gasteiger charge is 2.38. The second-order valence-electron chi connectivity index (χ2n) is 13.0. The highest BCUT2D eigenvalue weighted by molar-refractivity contribution is 7.04. The Kier molecular flexibility index (Phi) is 5.12. The molecular weight excluding hydrogens is 577 g/mol. The van der Waals surface area contributed by atoms with E-state index in [0.29, 0.717) is 17.5 Å². The first-order valence-corrected chi connectivity index (χ1v) is 18.8. The fraction of sp³-hybridized carbons (Fsp3) is 0.0488. The molecule has 6 aromatic carbocycles. The molecule has 10 rings (SSSR count). The van der Waals surface area contributed by atoms with Gasteiger partial charge in [-0.3, -0.25) is 0 Å². The lowest BCUT2D eigenvalue weighted by Crippen LogP contribution is -2.49. The van der Waals surface area contributed by atoms with Crippen molar-refractivity contribution in [2.45, 2.75) is 13.1 Å². The zero-order valence-electron chi connectivity index (χ0n) is 25.5. The molecule has 0 unspecified atom stereocenters. The lowest BCUT2D eigenvalue weighted by atomic mass is 10.00. The molecular formula is C41H28N4Si. The number of para-hydroxylation sites is 1. The van der Waals surface area contributed by atoms with Crippen molar-refractivity contribution in [1.29, 1.82) is 0 Å². The fourth-order valence-corrected chi connectivity index (χ4v) is 10.7. The van der Waals surface area contributed by atoms with Crippen molar-refractivity contribution in [3.05, 3.63) is 133 Å². The summed E-state index contributed by atoms with van der Waals surface area (Å²) in [6, 6.07) is 48.3. The van der Waals surface area contributed by atoms with Crippen LogP contribution in [-0.4, -0.2) is 27.6 Å². The third-order valence-corrected chi connectivity index (χ3v) is 13.5. The number of nitrogens with zero attached hydrogens (tertiary/aromatic N) is 4. The van der Waals surface area contributed by atoms with E-state index in [9.17, 15) is 0 Å². The summed E-state index contributed by atoms with van der Waals surface area (Å²) in [5.41, 5.74) is 11.5. The Balaban J connectivity index is 1.36. The third kappa shape index (κ3) is 3.57. The molecule has 0 amide bonds. The normalized spacial score (nSPS) is 13.6. The quantitative estimate of drug-likeness (QED) is 0.176. The first kappa shape index (κ1) is 25.7. The SMILES string of the molecule is C[Si]1(C)c2ccc3cc2-c2cc4c(cc21)c1ccccc1n4-c1cccc(c1)-c1cccc(c1)-c1nc(-c2ccccc2)nc-3n1.